The van der Waals surface area contributed by atoms with Gasteiger partial charge in [-0.3, -0.25) is 25.0 Å². The van der Waals surface area contributed by atoms with Crippen molar-refractivity contribution < 1.29 is 24.9 Å². The van der Waals surface area contributed by atoms with E-state index in [2.05, 4.69) is 10.2 Å². The van der Waals surface area contributed by atoms with Gasteiger partial charge in [-0.15, -0.1) is 10.2 Å². The molecular weight excluding hydrogens is 492 g/mol. The topological polar surface area (TPSA) is 169 Å². The normalized spacial score (nSPS) is 11.1. The van der Waals surface area contributed by atoms with E-state index in [-0.39, 0.29) is 34.1 Å². The van der Waals surface area contributed by atoms with Crippen molar-refractivity contribution in [2.24, 2.45) is 10.2 Å². The average molecular weight is 507 g/mol. The number of nitrogens with zero attached hydrogens (tertiary/aromatic N) is 4. The molecule has 0 aliphatic heterocycles. The number of carbonyl (C=O) groups excluding carboxylic acids is 1. The van der Waals surface area contributed by atoms with Crippen molar-refractivity contribution in [1.82, 2.24) is 0 Å². The number of phenols is 2. The number of aromatic hydroxyl groups is 2. The van der Waals surface area contributed by atoms with Gasteiger partial charge in [0.25, 0.3) is 5.69 Å². The predicted molar refractivity (Wildman–Crippen MR) is 131 cm³/mol. The fourth-order valence-electron chi connectivity index (χ4n) is 3.58. The Hall–Kier alpha value is -4.90. The molecule has 4 rings (SSSR count). The summed E-state index contributed by atoms with van der Waals surface area (Å²) < 4.78 is 0. The summed E-state index contributed by atoms with van der Waals surface area (Å²) in [7, 11) is 0. The highest BCUT2D eigenvalue weighted by atomic mass is 35.5. The summed E-state index contributed by atoms with van der Waals surface area (Å²) in [6, 6.07) is 15.8. The van der Waals surface area contributed by atoms with Gasteiger partial charge in [0.1, 0.15) is 11.4 Å². The smallest absolute Gasteiger partial charge is 0.314 e. The number of nitro groups is 2. The third-order valence-electron chi connectivity index (χ3n) is 5.27. The maximum atomic E-state index is 13.1. The van der Waals surface area contributed by atoms with E-state index in [1.165, 1.54) is 24.3 Å². The van der Waals surface area contributed by atoms with Crippen molar-refractivity contribution in [2.75, 3.05) is 0 Å². The average Bonchev–Trinajstić information content (AvgIpc) is 2.84. The molecule has 0 saturated heterocycles. The summed E-state index contributed by atoms with van der Waals surface area (Å²) in [6.45, 7) is 0. The third-order valence-corrected chi connectivity index (χ3v) is 5.49. The lowest BCUT2D eigenvalue weighted by atomic mass is 9.97. The number of carbonyl (C=O) groups is 1. The molecule has 0 bridgehead atoms. The van der Waals surface area contributed by atoms with Crippen molar-refractivity contribution in [3.63, 3.8) is 0 Å². The molecule has 0 aliphatic carbocycles. The Kier molecular flexibility index (Phi) is 6.57. The van der Waals surface area contributed by atoms with E-state index in [1.54, 1.807) is 30.3 Å². The molecule has 2 N–H and O–H groups in total. The van der Waals surface area contributed by atoms with Gasteiger partial charge in [0.2, 0.25) is 5.75 Å². The van der Waals surface area contributed by atoms with Crippen molar-refractivity contribution in [3.05, 3.63) is 103 Å². The maximum absolute atomic E-state index is 13.1. The van der Waals surface area contributed by atoms with Crippen LogP contribution in [0.4, 0.5) is 22.7 Å². The van der Waals surface area contributed by atoms with Gasteiger partial charge in [-0.05, 0) is 23.1 Å². The zero-order valence-corrected chi connectivity index (χ0v) is 18.9. The number of fused-ring (bicyclic) bond motifs is 1. The molecule has 4 aromatic rings. The fraction of sp³-hybridized carbons (Fsp3) is 0.0417. The summed E-state index contributed by atoms with van der Waals surface area (Å²) in [5.74, 6) is -1.81. The highest BCUT2D eigenvalue weighted by Gasteiger charge is 2.21. The molecule has 4 aromatic carbocycles. The van der Waals surface area contributed by atoms with Gasteiger partial charge in [-0.25, -0.2) is 0 Å². The zero-order valence-electron chi connectivity index (χ0n) is 18.2. The number of non-ortho nitro benzene ring substituents is 1. The summed E-state index contributed by atoms with van der Waals surface area (Å²) in [6.07, 6.45) is -0.231. The first-order valence-electron chi connectivity index (χ1n) is 10.3. The lowest BCUT2D eigenvalue weighted by Gasteiger charge is -2.10. The van der Waals surface area contributed by atoms with Gasteiger partial charge in [0.05, 0.1) is 15.4 Å². The molecule has 36 heavy (non-hydrogen) atoms. The number of hydrogen-bond donors (Lipinski definition) is 2. The third kappa shape index (κ3) is 4.81. The Bertz CT molecular complexity index is 1590. The van der Waals surface area contributed by atoms with Crippen molar-refractivity contribution in [1.29, 1.82) is 0 Å². The van der Waals surface area contributed by atoms with Crippen LogP contribution in [0.25, 0.3) is 10.8 Å². The summed E-state index contributed by atoms with van der Waals surface area (Å²) in [5, 5.41) is 52.1. The van der Waals surface area contributed by atoms with E-state index >= 15 is 0 Å². The van der Waals surface area contributed by atoms with Crippen LogP contribution in [0.2, 0.25) is 5.02 Å². The molecule has 0 radical (unpaired) electrons. The second kappa shape index (κ2) is 9.76. The first-order valence-corrected chi connectivity index (χ1v) is 10.6. The van der Waals surface area contributed by atoms with Gasteiger partial charge in [0.15, 0.2) is 11.5 Å². The Morgan fingerprint density at radius 2 is 1.64 bits per heavy atom. The highest BCUT2D eigenvalue weighted by molar-refractivity contribution is 6.31. The van der Waals surface area contributed by atoms with Crippen LogP contribution in [0.3, 0.4) is 0 Å². The highest BCUT2D eigenvalue weighted by Crippen LogP contribution is 2.43. The van der Waals surface area contributed by atoms with Crippen LogP contribution in [-0.2, 0) is 6.42 Å². The Morgan fingerprint density at radius 3 is 2.36 bits per heavy atom. The summed E-state index contributed by atoms with van der Waals surface area (Å²) in [4.78, 5) is 33.9. The molecule has 0 aromatic heterocycles. The van der Waals surface area contributed by atoms with Gasteiger partial charge in [-0.2, -0.15) is 0 Å². The number of benzene rings is 4. The van der Waals surface area contributed by atoms with Gasteiger partial charge in [-0.1, -0.05) is 48.0 Å². The molecule has 0 saturated carbocycles. The predicted octanol–water partition coefficient (Wildman–Crippen LogP) is 6.56. The van der Waals surface area contributed by atoms with Crippen molar-refractivity contribution >= 4 is 50.9 Å². The van der Waals surface area contributed by atoms with E-state index in [1.807, 2.05) is 0 Å². The number of Topliss-reactive ketones (excluding diaryl/α,β-unsaturated/α-hetero) is 1. The number of nitro benzene ring substituents is 2. The first kappa shape index (κ1) is 24.2. The SMILES string of the molecule is O=C(Cc1cccc([N+](=O)[O-])c1)c1cc2ccccc2c(N=Nc2cc(Cl)cc([N+](=O)[O-])c2O)c1O. The van der Waals surface area contributed by atoms with Crippen molar-refractivity contribution in [3.8, 4) is 11.5 Å². The molecule has 12 heteroatoms. The minimum absolute atomic E-state index is 0.0663. The van der Waals surface area contributed by atoms with Crippen LogP contribution >= 0.6 is 11.6 Å². The standard InChI is InChI=1S/C24H15ClN4O7/c25-15-11-19(24(32)20(12-15)29(35)36)26-27-22-17-7-2-1-5-14(17)10-18(23(22)31)21(30)9-13-4-3-6-16(8-13)28(33)34/h1-8,10-12,31-32H,9H2. The van der Waals surface area contributed by atoms with Crippen LogP contribution < -0.4 is 0 Å². The molecule has 0 amide bonds. The molecule has 11 nitrogen and oxygen atoms in total. The molecule has 0 aliphatic rings. The lowest BCUT2D eigenvalue weighted by molar-refractivity contribution is -0.385. The molecule has 0 heterocycles. The Morgan fingerprint density at radius 1 is 0.889 bits per heavy atom. The van der Waals surface area contributed by atoms with Crippen LogP contribution in [0.5, 0.6) is 11.5 Å². The molecule has 0 fully saturated rings. The quantitative estimate of drug-likeness (QED) is 0.124. The molecule has 0 unspecified atom stereocenters. The van der Waals surface area contributed by atoms with E-state index < -0.39 is 32.8 Å². The summed E-state index contributed by atoms with van der Waals surface area (Å²) >= 11 is 5.90. The fourth-order valence-corrected chi connectivity index (χ4v) is 3.79. The monoisotopic (exact) mass is 506 g/mol. The number of rotatable bonds is 7. The number of azo groups is 1. The minimum atomic E-state index is -0.833. The van der Waals surface area contributed by atoms with Crippen molar-refractivity contribution in [2.45, 2.75) is 6.42 Å². The van der Waals surface area contributed by atoms with Gasteiger partial charge in [0, 0.05) is 35.0 Å². The van der Waals surface area contributed by atoms with E-state index in [4.69, 9.17) is 11.6 Å². The maximum Gasteiger partial charge on any atom is 0.314 e. The molecule has 180 valence electrons. The van der Waals surface area contributed by atoms with E-state index in [0.29, 0.717) is 16.3 Å². The van der Waals surface area contributed by atoms with Gasteiger partial charge >= 0.3 is 5.69 Å². The van der Waals surface area contributed by atoms with Gasteiger partial charge < -0.3 is 10.2 Å². The number of ketones is 1. The minimum Gasteiger partial charge on any atom is -0.505 e. The van der Waals surface area contributed by atoms with Crippen LogP contribution in [-0.4, -0.2) is 25.8 Å². The van der Waals surface area contributed by atoms with E-state index in [0.717, 1.165) is 12.1 Å². The van der Waals surface area contributed by atoms with Crippen LogP contribution in [0.1, 0.15) is 15.9 Å². The molecule has 0 atom stereocenters. The Balaban J connectivity index is 1.79. The number of phenolic OH excluding ortho intramolecular Hbond substituents is 2. The zero-order chi connectivity index (χ0) is 26.0. The largest absolute Gasteiger partial charge is 0.505 e. The number of halogens is 1. The number of hydrogen-bond acceptors (Lipinski definition) is 9. The first-order chi connectivity index (χ1) is 17.2. The Labute approximate surface area is 207 Å². The van der Waals surface area contributed by atoms with Crippen LogP contribution in [0.15, 0.2) is 77.0 Å². The molecule has 0 spiro atoms. The second-order valence-corrected chi connectivity index (χ2v) is 8.06. The van der Waals surface area contributed by atoms with Crippen LogP contribution in [0, 0.1) is 20.2 Å². The summed E-state index contributed by atoms with van der Waals surface area (Å²) in [5.41, 5.74) is -1.00. The lowest BCUT2D eigenvalue weighted by Crippen LogP contribution is -2.04. The molecular formula is C24H15ClN4O7. The second-order valence-electron chi connectivity index (χ2n) is 7.62. The van der Waals surface area contributed by atoms with E-state index in [9.17, 15) is 35.2 Å².